The van der Waals surface area contributed by atoms with E-state index in [1.165, 1.54) is 5.56 Å². The standard InChI is InChI=1S/C16H24N6/c1-16(2,3)14-4-5-15(21-20-14)22-10-13(11-22)7-17-6-12-8-18-19-9-12/h4-5,8-9,13,17H,6-7,10-11H2,1-3H3,(H,18,19). The van der Waals surface area contributed by atoms with Gasteiger partial charge in [0.15, 0.2) is 5.82 Å². The summed E-state index contributed by atoms with van der Waals surface area (Å²) in [6.07, 6.45) is 3.78. The van der Waals surface area contributed by atoms with Crippen LogP contribution in [0.4, 0.5) is 5.82 Å². The van der Waals surface area contributed by atoms with E-state index in [4.69, 9.17) is 0 Å². The molecule has 2 N–H and O–H groups in total. The molecule has 2 aromatic heterocycles. The molecular weight excluding hydrogens is 276 g/mol. The topological polar surface area (TPSA) is 69.7 Å². The van der Waals surface area contributed by atoms with Gasteiger partial charge in [-0.2, -0.15) is 10.2 Å². The Morgan fingerprint density at radius 1 is 1.27 bits per heavy atom. The maximum Gasteiger partial charge on any atom is 0.151 e. The Hall–Kier alpha value is -1.95. The smallest absolute Gasteiger partial charge is 0.151 e. The molecule has 1 fully saturated rings. The molecule has 0 aliphatic carbocycles. The summed E-state index contributed by atoms with van der Waals surface area (Å²) in [6, 6.07) is 4.18. The maximum absolute atomic E-state index is 4.37. The van der Waals surface area contributed by atoms with E-state index in [0.717, 1.165) is 37.7 Å². The second-order valence-corrected chi connectivity index (χ2v) is 7.04. The van der Waals surface area contributed by atoms with Crippen molar-refractivity contribution < 1.29 is 0 Å². The first-order valence-corrected chi connectivity index (χ1v) is 7.80. The van der Waals surface area contributed by atoms with E-state index in [0.29, 0.717) is 5.92 Å². The molecule has 22 heavy (non-hydrogen) atoms. The van der Waals surface area contributed by atoms with Crippen molar-refractivity contribution >= 4 is 5.82 Å². The van der Waals surface area contributed by atoms with Crippen LogP contribution < -0.4 is 10.2 Å². The molecule has 118 valence electrons. The Morgan fingerprint density at radius 3 is 2.68 bits per heavy atom. The normalized spacial score (nSPS) is 15.9. The van der Waals surface area contributed by atoms with Gasteiger partial charge >= 0.3 is 0 Å². The van der Waals surface area contributed by atoms with Crippen molar-refractivity contribution in [3.05, 3.63) is 35.8 Å². The van der Waals surface area contributed by atoms with Crippen molar-refractivity contribution in [2.45, 2.75) is 32.7 Å². The second kappa shape index (κ2) is 6.04. The van der Waals surface area contributed by atoms with Crippen LogP contribution in [0.5, 0.6) is 0 Å². The number of rotatable bonds is 5. The SMILES string of the molecule is CC(C)(C)c1ccc(N2CC(CNCc3cn[nH]c3)C2)nn1. The highest BCUT2D eigenvalue weighted by Crippen LogP contribution is 2.24. The van der Waals surface area contributed by atoms with Crippen LogP contribution in [0.1, 0.15) is 32.0 Å². The van der Waals surface area contributed by atoms with E-state index in [-0.39, 0.29) is 5.41 Å². The van der Waals surface area contributed by atoms with Gasteiger partial charge in [0.2, 0.25) is 0 Å². The van der Waals surface area contributed by atoms with Gasteiger partial charge < -0.3 is 10.2 Å². The van der Waals surface area contributed by atoms with Gasteiger partial charge in [-0.15, -0.1) is 5.10 Å². The molecule has 0 amide bonds. The van der Waals surface area contributed by atoms with Crippen molar-refractivity contribution in [3.8, 4) is 0 Å². The third-order valence-corrected chi connectivity index (χ3v) is 4.02. The molecule has 1 aliphatic rings. The summed E-state index contributed by atoms with van der Waals surface area (Å²) in [7, 11) is 0. The highest BCUT2D eigenvalue weighted by Gasteiger charge is 2.28. The molecule has 1 aliphatic heterocycles. The van der Waals surface area contributed by atoms with E-state index < -0.39 is 0 Å². The lowest BCUT2D eigenvalue weighted by Crippen LogP contribution is -2.51. The minimum atomic E-state index is 0.0556. The van der Waals surface area contributed by atoms with Crippen molar-refractivity contribution in [2.75, 3.05) is 24.5 Å². The van der Waals surface area contributed by atoms with Crippen LogP contribution in [-0.4, -0.2) is 40.0 Å². The zero-order valence-electron chi connectivity index (χ0n) is 13.5. The fraction of sp³-hybridized carbons (Fsp3) is 0.562. The summed E-state index contributed by atoms with van der Waals surface area (Å²) in [5, 5.41) is 19.0. The Morgan fingerprint density at radius 2 is 2.09 bits per heavy atom. The Labute approximate surface area is 131 Å². The minimum absolute atomic E-state index is 0.0556. The Balaban J connectivity index is 1.43. The van der Waals surface area contributed by atoms with Crippen LogP contribution in [0.15, 0.2) is 24.5 Å². The molecule has 3 rings (SSSR count). The predicted molar refractivity (Wildman–Crippen MR) is 86.7 cm³/mol. The molecule has 3 heterocycles. The average molecular weight is 300 g/mol. The summed E-state index contributed by atoms with van der Waals surface area (Å²) in [4.78, 5) is 2.28. The third-order valence-electron chi connectivity index (χ3n) is 4.02. The molecule has 2 aromatic rings. The first-order chi connectivity index (χ1) is 10.5. The van der Waals surface area contributed by atoms with Gasteiger partial charge in [0.25, 0.3) is 0 Å². The number of nitrogens with zero attached hydrogens (tertiary/aromatic N) is 4. The van der Waals surface area contributed by atoms with Crippen LogP contribution in [0.25, 0.3) is 0 Å². The fourth-order valence-corrected chi connectivity index (χ4v) is 2.57. The van der Waals surface area contributed by atoms with Gasteiger partial charge in [0.05, 0.1) is 11.9 Å². The van der Waals surface area contributed by atoms with E-state index in [9.17, 15) is 0 Å². The van der Waals surface area contributed by atoms with E-state index in [2.05, 4.69) is 63.5 Å². The lowest BCUT2D eigenvalue weighted by molar-refractivity contribution is 0.381. The maximum atomic E-state index is 4.37. The lowest BCUT2D eigenvalue weighted by atomic mass is 9.92. The summed E-state index contributed by atoms with van der Waals surface area (Å²) >= 11 is 0. The highest BCUT2D eigenvalue weighted by atomic mass is 15.3. The summed E-state index contributed by atoms with van der Waals surface area (Å²) in [5.74, 6) is 1.66. The predicted octanol–water partition coefficient (Wildman–Crippen LogP) is 1.72. The van der Waals surface area contributed by atoms with Gasteiger partial charge in [0, 0.05) is 49.3 Å². The monoisotopic (exact) mass is 300 g/mol. The molecule has 0 atom stereocenters. The quantitative estimate of drug-likeness (QED) is 0.880. The minimum Gasteiger partial charge on any atom is -0.354 e. The number of H-pyrrole nitrogens is 1. The number of hydrogen-bond donors (Lipinski definition) is 2. The second-order valence-electron chi connectivity index (χ2n) is 7.04. The van der Waals surface area contributed by atoms with Crippen LogP contribution in [-0.2, 0) is 12.0 Å². The molecule has 0 radical (unpaired) electrons. The zero-order valence-corrected chi connectivity index (χ0v) is 13.5. The summed E-state index contributed by atoms with van der Waals surface area (Å²) < 4.78 is 0. The van der Waals surface area contributed by atoms with Crippen molar-refractivity contribution in [1.82, 2.24) is 25.7 Å². The molecule has 0 saturated carbocycles. The van der Waals surface area contributed by atoms with Crippen LogP contribution in [0.3, 0.4) is 0 Å². The lowest BCUT2D eigenvalue weighted by Gasteiger charge is -2.40. The van der Waals surface area contributed by atoms with Gasteiger partial charge in [-0.25, -0.2) is 0 Å². The van der Waals surface area contributed by atoms with Crippen molar-refractivity contribution in [3.63, 3.8) is 0 Å². The Bertz CT molecular complexity index is 578. The molecular formula is C16H24N6. The van der Waals surface area contributed by atoms with Gasteiger partial charge in [-0.05, 0) is 12.1 Å². The van der Waals surface area contributed by atoms with E-state index >= 15 is 0 Å². The van der Waals surface area contributed by atoms with Crippen LogP contribution in [0.2, 0.25) is 0 Å². The first kappa shape index (κ1) is 15.0. The average Bonchev–Trinajstić information content (AvgIpc) is 2.94. The third kappa shape index (κ3) is 3.44. The van der Waals surface area contributed by atoms with Crippen molar-refractivity contribution in [1.29, 1.82) is 0 Å². The number of nitrogens with one attached hydrogen (secondary N) is 2. The molecule has 0 unspecified atom stereocenters. The summed E-state index contributed by atoms with van der Waals surface area (Å²) in [5.41, 5.74) is 2.29. The molecule has 0 aromatic carbocycles. The van der Waals surface area contributed by atoms with Gasteiger partial charge in [-0.3, -0.25) is 5.10 Å². The zero-order chi connectivity index (χ0) is 15.6. The van der Waals surface area contributed by atoms with E-state index in [1.807, 2.05) is 12.4 Å². The fourth-order valence-electron chi connectivity index (χ4n) is 2.57. The molecule has 6 nitrogen and oxygen atoms in total. The van der Waals surface area contributed by atoms with Crippen LogP contribution in [0, 0.1) is 5.92 Å². The van der Waals surface area contributed by atoms with Gasteiger partial charge in [0.1, 0.15) is 0 Å². The number of hydrogen-bond acceptors (Lipinski definition) is 5. The molecule has 1 saturated heterocycles. The van der Waals surface area contributed by atoms with E-state index in [1.54, 1.807) is 0 Å². The molecule has 6 heteroatoms. The highest BCUT2D eigenvalue weighted by molar-refractivity contribution is 5.41. The number of anilines is 1. The largest absolute Gasteiger partial charge is 0.354 e. The summed E-state index contributed by atoms with van der Waals surface area (Å²) in [6.45, 7) is 10.4. The molecule has 0 spiro atoms. The van der Waals surface area contributed by atoms with Gasteiger partial charge in [-0.1, -0.05) is 20.8 Å². The Kier molecular flexibility index (Phi) is 4.11. The first-order valence-electron chi connectivity index (χ1n) is 7.80. The number of aromatic nitrogens is 4. The molecule has 0 bridgehead atoms. The van der Waals surface area contributed by atoms with Crippen molar-refractivity contribution in [2.24, 2.45) is 5.92 Å². The van der Waals surface area contributed by atoms with Crippen LogP contribution >= 0.6 is 0 Å². The number of aromatic amines is 1.